The van der Waals surface area contributed by atoms with Crippen LogP contribution >= 0.6 is 0 Å². The van der Waals surface area contributed by atoms with Crippen LogP contribution in [0.5, 0.6) is 0 Å². The van der Waals surface area contributed by atoms with Crippen LogP contribution in [0.1, 0.15) is 0 Å². The molecule has 1 aromatic heterocycles. The van der Waals surface area contributed by atoms with Crippen molar-refractivity contribution < 1.29 is 0 Å². The molecule has 0 spiro atoms. The third kappa shape index (κ3) is 9.87. The molecule has 89 heavy (non-hydrogen) atoms. The first-order chi connectivity index (χ1) is 44.1. The summed E-state index contributed by atoms with van der Waals surface area (Å²) in [6.45, 7) is 0. The Hall–Kier alpha value is -11.8. The fourth-order valence-electron chi connectivity index (χ4n) is 13.3. The number of fused-ring (bicyclic) bond motifs is 5. The third-order valence-corrected chi connectivity index (χ3v) is 17.6. The summed E-state index contributed by atoms with van der Waals surface area (Å²) in [5, 5.41) is 7.04. The second-order valence-electron chi connectivity index (χ2n) is 22.8. The number of benzene rings is 15. The minimum atomic E-state index is 1.01. The molecule has 0 saturated heterocycles. The molecule has 0 atom stereocenters. The Kier molecular flexibility index (Phi) is 13.6. The van der Waals surface area contributed by atoms with Crippen LogP contribution in [-0.4, -0.2) is 4.57 Å². The molecule has 16 rings (SSSR count). The Bertz CT molecular complexity index is 4970. The van der Waals surface area contributed by atoms with Crippen LogP contribution in [0.4, 0.5) is 34.1 Å². The van der Waals surface area contributed by atoms with E-state index in [1.54, 1.807) is 0 Å². The Balaban J connectivity index is 0.959. The molecular weight excluding hydrogens is 1070 g/mol. The van der Waals surface area contributed by atoms with Crippen molar-refractivity contribution in [3.05, 3.63) is 358 Å². The van der Waals surface area contributed by atoms with Crippen molar-refractivity contribution in [2.24, 2.45) is 0 Å². The maximum atomic E-state index is 2.48. The van der Waals surface area contributed by atoms with Crippen molar-refractivity contribution in [1.29, 1.82) is 0 Å². The van der Waals surface area contributed by atoms with E-state index in [1.165, 1.54) is 66.1 Å². The molecule has 0 unspecified atom stereocenters. The summed E-state index contributed by atoms with van der Waals surface area (Å²) in [6.07, 6.45) is 0. The Morgan fingerprint density at radius 2 is 0.517 bits per heavy atom. The van der Waals surface area contributed by atoms with Crippen molar-refractivity contribution in [3.8, 4) is 72.4 Å². The first kappa shape index (κ1) is 52.7. The zero-order valence-electron chi connectivity index (χ0n) is 48.9. The number of nitrogens with zero attached hydrogens (tertiary/aromatic N) is 3. The van der Waals surface area contributed by atoms with Gasteiger partial charge in [0, 0.05) is 50.0 Å². The van der Waals surface area contributed by atoms with Crippen molar-refractivity contribution >= 4 is 77.5 Å². The highest BCUT2D eigenvalue weighted by Gasteiger charge is 2.25. The Labute approximate surface area is 519 Å². The van der Waals surface area contributed by atoms with E-state index in [0.717, 1.165) is 83.9 Å². The number of rotatable bonds is 13. The van der Waals surface area contributed by atoms with Gasteiger partial charge in [-0.15, -0.1) is 0 Å². The fraction of sp³-hybridized carbons (Fsp3) is 0. The standard InChI is InChI=1S/C86H59N3/c1-6-22-60(23-7-1)63-38-45-70(46-39-63)87(84-54-51-75(66-28-12-4-13-29-66)77-32-16-18-34-79(77)84)73-56-69(68-44-53-86-82(58-68)81-36-20-21-37-83(81)89(86)72-49-42-65(43-50-72)62-26-10-3-11-27-62)57-74(59-73)88(71-47-40-64(41-48-71)61-24-8-2-9-25-61)85-55-52-76(67-30-14-5-15-31-67)78-33-17-19-35-80(78)85/h1-59H. The van der Waals surface area contributed by atoms with Gasteiger partial charge in [-0.2, -0.15) is 0 Å². The van der Waals surface area contributed by atoms with Crippen LogP contribution in [0.15, 0.2) is 358 Å². The van der Waals surface area contributed by atoms with E-state index < -0.39 is 0 Å². The molecule has 3 heteroatoms. The molecule has 16 aromatic rings. The average molecular weight is 1130 g/mol. The molecule has 418 valence electrons. The summed E-state index contributed by atoms with van der Waals surface area (Å²) in [4.78, 5) is 4.96. The SMILES string of the molecule is c1ccc(-c2ccc(N(c3cc(-c4ccc5c(c4)c4ccccc4n5-c4ccc(-c5ccccc5)cc4)cc(N(c4ccc(-c5ccccc5)cc4)c4ccc(-c5ccccc5)c5ccccc45)c3)c3ccc(-c4ccccc4)c4ccccc34)cc2)cc1. The lowest BCUT2D eigenvalue weighted by Crippen LogP contribution is -2.14. The highest BCUT2D eigenvalue weighted by molar-refractivity contribution is 6.12. The van der Waals surface area contributed by atoms with Gasteiger partial charge in [-0.25, -0.2) is 0 Å². The zero-order chi connectivity index (χ0) is 59.0. The lowest BCUT2D eigenvalue weighted by Gasteiger charge is -2.32. The maximum Gasteiger partial charge on any atom is 0.0541 e. The van der Waals surface area contributed by atoms with Gasteiger partial charge in [0.15, 0.2) is 0 Å². The van der Waals surface area contributed by atoms with Gasteiger partial charge >= 0.3 is 0 Å². The van der Waals surface area contributed by atoms with E-state index in [9.17, 15) is 0 Å². The lowest BCUT2D eigenvalue weighted by atomic mass is 9.95. The highest BCUT2D eigenvalue weighted by Crippen LogP contribution is 2.49. The zero-order valence-corrected chi connectivity index (χ0v) is 48.9. The molecular formula is C86H59N3. The Morgan fingerprint density at radius 1 is 0.180 bits per heavy atom. The van der Waals surface area contributed by atoms with Gasteiger partial charge in [-0.3, -0.25) is 0 Å². The summed E-state index contributed by atoms with van der Waals surface area (Å²) in [7, 11) is 0. The second kappa shape index (κ2) is 22.9. The predicted molar refractivity (Wildman–Crippen MR) is 378 cm³/mol. The van der Waals surface area contributed by atoms with E-state index in [4.69, 9.17) is 0 Å². The molecule has 0 aliphatic heterocycles. The molecule has 0 amide bonds. The molecule has 0 N–H and O–H groups in total. The third-order valence-electron chi connectivity index (χ3n) is 17.6. The van der Waals surface area contributed by atoms with Crippen LogP contribution in [-0.2, 0) is 0 Å². The predicted octanol–water partition coefficient (Wildman–Crippen LogP) is 24.0. The minimum absolute atomic E-state index is 1.01. The molecule has 3 nitrogen and oxygen atoms in total. The van der Waals surface area contributed by atoms with Crippen LogP contribution < -0.4 is 9.80 Å². The molecule has 0 radical (unpaired) electrons. The summed E-state index contributed by atoms with van der Waals surface area (Å²) in [5.41, 5.74) is 23.7. The summed E-state index contributed by atoms with van der Waals surface area (Å²) in [5.74, 6) is 0. The first-order valence-corrected chi connectivity index (χ1v) is 30.6. The fourth-order valence-corrected chi connectivity index (χ4v) is 13.3. The van der Waals surface area contributed by atoms with Gasteiger partial charge in [-0.1, -0.05) is 273 Å². The number of anilines is 6. The molecule has 0 aliphatic rings. The van der Waals surface area contributed by atoms with Gasteiger partial charge in [0.1, 0.15) is 0 Å². The Morgan fingerprint density at radius 3 is 0.955 bits per heavy atom. The minimum Gasteiger partial charge on any atom is -0.310 e. The molecule has 0 saturated carbocycles. The van der Waals surface area contributed by atoms with Crippen LogP contribution in [0.25, 0.3) is 116 Å². The van der Waals surface area contributed by atoms with E-state index in [1.807, 2.05) is 0 Å². The summed E-state index contributed by atoms with van der Waals surface area (Å²) in [6, 6.07) is 131. The van der Waals surface area contributed by atoms with Crippen molar-refractivity contribution in [1.82, 2.24) is 4.57 Å². The van der Waals surface area contributed by atoms with Crippen molar-refractivity contribution in [2.45, 2.75) is 0 Å². The van der Waals surface area contributed by atoms with E-state index in [2.05, 4.69) is 372 Å². The number of aromatic nitrogens is 1. The smallest absolute Gasteiger partial charge is 0.0541 e. The van der Waals surface area contributed by atoms with Gasteiger partial charge in [-0.05, 0) is 162 Å². The number of para-hydroxylation sites is 1. The number of hydrogen-bond acceptors (Lipinski definition) is 2. The van der Waals surface area contributed by atoms with Gasteiger partial charge in [0.25, 0.3) is 0 Å². The molecule has 0 fully saturated rings. The van der Waals surface area contributed by atoms with Crippen molar-refractivity contribution in [2.75, 3.05) is 9.80 Å². The van der Waals surface area contributed by atoms with Gasteiger partial charge in [0.2, 0.25) is 0 Å². The van der Waals surface area contributed by atoms with Gasteiger partial charge < -0.3 is 14.4 Å². The summed E-state index contributed by atoms with van der Waals surface area (Å²) < 4.78 is 2.42. The molecule has 15 aromatic carbocycles. The molecule has 0 bridgehead atoms. The number of hydrogen-bond donors (Lipinski definition) is 0. The molecule has 1 heterocycles. The molecule has 0 aliphatic carbocycles. The quantitative estimate of drug-likeness (QED) is 0.114. The van der Waals surface area contributed by atoms with Crippen LogP contribution in [0, 0.1) is 0 Å². The van der Waals surface area contributed by atoms with Crippen LogP contribution in [0.3, 0.4) is 0 Å². The maximum absolute atomic E-state index is 2.48. The lowest BCUT2D eigenvalue weighted by molar-refractivity contribution is 1.18. The van der Waals surface area contributed by atoms with Gasteiger partial charge in [0.05, 0.1) is 22.4 Å². The highest BCUT2D eigenvalue weighted by atomic mass is 15.2. The second-order valence-corrected chi connectivity index (χ2v) is 22.8. The van der Waals surface area contributed by atoms with E-state index >= 15 is 0 Å². The largest absolute Gasteiger partial charge is 0.310 e. The van der Waals surface area contributed by atoms with Crippen LogP contribution in [0.2, 0.25) is 0 Å². The normalized spacial score (nSPS) is 11.4. The summed E-state index contributed by atoms with van der Waals surface area (Å²) >= 11 is 0. The first-order valence-electron chi connectivity index (χ1n) is 30.6. The average Bonchev–Trinajstić information content (AvgIpc) is 2.26. The van der Waals surface area contributed by atoms with E-state index in [-0.39, 0.29) is 0 Å². The topological polar surface area (TPSA) is 11.4 Å². The monoisotopic (exact) mass is 1130 g/mol. The van der Waals surface area contributed by atoms with E-state index in [0.29, 0.717) is 0 Å². The van der Waals surface area contributed by atoms with Crippen molar-refractivity contribution in [3.63, 3.8) is 0 Å².